The molecule has 5 heteroatoms. The van der Waals surface area contributed by atoms with Gasteiger partial charge >= 0.3 is 0 Å². The van der Waals surface area contributed by atoms with Crippen LogP contribution in [0.3, 0.4) is 0 Å². The van der Waals surface area contributed by atoms with E-state index in [-0.39, 0.29) is 17.6 Å². The fourth-order valence-corrected chi connectivity index (χ4v) is 4.82. The van der Waals surface area contributed by atoms with E-state index in [9.17, 15) is 9.59 Å². The van der Waals surface area contributed by atoms with Crippen molar-refractivity contribution in [1.29, 1.82) is 0 Å². The summed E-state index contributed by atoms with van der Waals surface area (Å²) < 4.78 is 0. The van der Waals surface area contributed by atoms with Crippen LogP contribution in [0.1, 0.15) is 48.9 Å². The second kappa shape index (κ2) is 10.6. The summed E-state index contributed by atoms with van der Waals surface area (Å²) >= 11 is 0. The van der Waals surface area contributed by atoms with Crippen molar-refractivity contribution in [3.8, 4) is 0 Å². The molecule has 5 nitrogen and oxygen atoms in total. The van der Waals surface area contributed by atoms with Crippen LogP contribution in [0.4, 0.5) is 11.4 Å². The predicted molar refractivity (Wildman–Crippen MR) is 125 cm³/mol. The lowest BCUT2D eigenvalue weighted by Crippen LogP contribution is -3.14. The quantitative estimate of drug-likeness (QED) is 0.706. The van der Waals surface area contributed by atoms with E-state index in [2.05, 4.69) is 22.3 Å². The van der Waals surface area contributed by atoms with E-state index in [0.717, 1.165) is 50.3 Å². The molecule has 2 aliphatic rings. The van der Waals surface area contributed by atoms with Crippen LogP contribution in [0.25, 0.3) is 0 Å². The molecule has 0 spiro atoms. The molecular weight excluding hydrogens is 386 g/mol. The minimum absolute atomic E-state index is 0.0466. The molecule has 4 rings (SSSR count). The standard InChI is InChI=1S/C26H33N3O2/c30-25(27-23-10-12-24(13-11-23)29-16-6-1-2-7-17-29)20-28-18-14-22(15-19-28)26(31)21-8-4-3-5-9-21/h3-5,8-13,22H,1-2,6-7,14-20H2,(H,27,30)/p+1. The Hall–Kier alpha value is -2.66. The normalized spacial score (nSPS) is 21.9. The predicted octanol–water partition coefficient (Wildman–Crippen LogP) is 3.18. The van der Waals surface area contributed by atoms with Gasteiger partial charge in [0.25, 0.3) is 5.91 Å². The molecule has 2 fully saturated rings. The molecule has 2 aromatic rings. The number of quaternary nitrogens is 1. The molecule has 31 heavy (non-hydrogen) atoms. The summed E-state index contributed by atoms with van der Waals surface area (Å²) in [6, 6.07) is 17.8. The molecule has 0 aliphatic carbocycles. The second-order valence-electron chi connectivity index (χ2n) is 8.93. The number of nitrogens with zero attached hydrogens (tertiary/aromatic N) is 1. The van der Waals surface area contributed by atoms with Crippen LogP contribution < -0.4 is 15.1 Å². The Kier molecular flexibility index (Phi) is 7.36. The molecule has 2 saturated heterocycles. The second-order valence-corrected chi connectivity index (χ2v) is 8.93. The number of ketones is 1. The van der Waals surface area contributed by atoms with E-state index in [1.807, 2.05) is 42.5 Å². The van der Waals surface area contributed by atoms with Gasteiger partial charge in [-0.3, -0.25) is 9.59 Å². The number of hydrogen-bond donors (Lipinski definition) is 2. The molecule has 0 radical (unpaired) electrons. The Morgan fingerprint density at radius 2 is 1.52 bits per heavy atom. The van der Waals surface area contributed by atoms with Gasteiger partial charge in [0.1, 0.15) is 0 Å². The van der Waals surface area contributed by atoms with Crippen molar-refractivity contribution in [2.75, 3.05) is 42.9 Å². The number of likely N-dealkylation sites (tertiary alicyclic amines) is 1. The minimum Gasteiger partial charge on any atom is -0.372 e. The first-order valence-corrected chi connectivity index (χ1v) is 11.8. The van der Waals surface area contributed by atoms with Crippen LogP contribution >= 0.6 is 0 Å². The van der Waals surface area contributed by atoms with Crippen molar-refractivity contribution in [3.63, 3.8) is 0 Å². The van der Waals surface area contributed by atoms with Gasteiger partial charge in [0.05, 0.1) is 13.1 Å². The highest BCUT2D eigenvalue weighted by molar-refractivity contribution is 5.97. The zero-order valence-electron chi connectivity index (χ0n) is 18.3. The monoisotopic (exact) mass is 420 g/mol. The molecule has 164 valence electrons. The zero-order chi connectivity index (χ0) is 21.5. The van der Waals surface area contributed by atoms with E-state index < -0.39 is 0 Å². The summed E-state index contributed by atoms with van der Waals surface area (Å²) in [5, 5.41) is 3.05. The highest BCUT2D eigenvalue weighted by Gasteiger charge is 2.29. The Morgan fingerprint density at radius 1 is 0.871 bits per heavy atom. The molecule has 0 saturated carbocycles. The average molecular weight is 421 g/mol. The van der Waals surface area contributed by atoms with Crippen LogP contribution in [0.2, 0.25) is 0 Å². The lowest BCUT2D eigenvalue weighted by atomic mass is 9.89. The van der Waals surface area contributed by atoms with Gasteiger partial charge in [-0.15, -0.1) is 0 Å². The van der Waals surface area contributed by atoms with Crippen molar-refractivity contribution < 1.29 is 14.5 Å². The lowest BCUT2D eigenvalue weighted by molar-refractivity contribution is -0.897. The largest absolute Gasteiger partial charge is 0.372 e. The number of nitrogens with one attached hydrogen (secondary N) is 2. The van der Waals surface area contributed by atoms with Gasteiger partial charge in [-0.05, 0) is 37.1 Å². The van der Waals surface area contributed by atoms with E-state index in [4.69, 9.17) is 0 Å². The number of carbonyl (C=O) groups is 2. The molecular formula is C26H34N3O2+. The van der Waals surface area contributed by atoms with Crippen LogP contribution in [-0.2, 0) is 4.79 Å². The maximum atomic E-state index is 12.6. The first kappa shape index (κ1) is 21.6. The lowest BCUT2D eigenvalue weighted by Gasteiger charge is -2.28. The minimum atomic E-state index is 0.0466. The number of Topliss-reactive ketones (excluding diaryl/α,β-unsaturated/α-hetero) is 1. The summed E-state index contributed by atoms with van der Waals surface area (Å²) in [6.45, 7) is 4.44. The topological polar surface area (TPSA) is 53.9 Å². The number of rotatable bonds is 6. The molecule has 2 N–H and O–H groups in total. The van der Waals surface area contributed by atoms with E-state index in [1.54, 1.807) is 0 Å². The number of hydrogen-bond acceptors (Lipinski definition) is 3. The molecule has 2 aliphatic heterocycles. The SMILES string of the molecule is O=C(C[NH+]1CCC(C(=O)c2ccccc2)CC1)Nc1ccc(N2CCCCCC2)cc1. The van der Waals surface area contributed by atoms with Gasteiger partial charge in [-0.25, -0.2) is 0 Å². The van der Waals surface area contributed by atoms with Gasteiger partial charge < -0.3 is 15.1 Å². The van der Waals surface area contributed by atoms with Gasteiger partial charge in [-0.2, -0.15) is 0 Å². The zero-order valence-corrected chi connectivity index (χ0v) is 18.3. The van der Waals surface area contributed by atoms with Crippen molar-refractivity contribution in [2.45, 2.75) is 38.5 Å². The maximum absolute atomic E-state index is 12.6. The number of anilines is 2. The van der Waals surface area contributed by atoms with Crippen molar-refractivity contribution in [2.24, 2.45) is 5.92 Å². The summed E-state index contributed by atoms with van der Waals surface area (Å²) in [5.41, 5.74) is 2.91. The van der Waals surface area contributed by atoms with E-state index in [1.165, 1.54) is 36.3 Å². The molecule has 1 amide bonds. The third-order valence-electron chi connectivity index (χ3n) is 6.65. The molecule has 0 unspecified atom stereocenters. The van der Waals surface area contributed by atoms with Crippen LogP contribution in [-0.4, -0.2) is 44.4 Å². The van der Waals surface area contributed by atoms with Crippen LogP contribution in [0, 0.1) is 5.92 Å². The van der Waals surface area contributed by atoms with Crippen molar-refractivity contribution >= 4 is 23.1 Å². The molecule has 2 heterocycles. The number of amides is 1. The fraction of sp³-hybridized carbons (Fsp3) is 0.462. The third kappa shape index (κ3) is 5.95. The van der Waals surface area contributed by atoms with Crippen molar-refractivity contribution in [1.82, 2.24) is 0 Å². The van der Waals surface area contributed by atoms with Gasteiger partial charge in [0.15, 0.2) is 12.3 Å². The summed E-state index contributed by atoms with van der Waals surface area (Å²) in [5.74, 6) is 0.375. The van der Waals surface area contributed by atoms with Crippen LogP contribution in [0.5, 0.6) is 0 Å². The van der Waals surface area contributed by atoms with Crippen molar-refractivity contribution in [3.05, 3.63) is 60.2 Å². The Balaban J connectivity index is 1.23. The highest BCUT2D eigenvalue weighted by Crippen LogP contribution is 2.21. The fourth-order valence-electron chi connectivity index (χ4n) is 4.82. The Morgan fingerprint density at radius 3 is 2.16 bits per heavy atom. The third-order valence-corrected chi connectivity index (χ3v) is 6.65. The van der Waals surface area contributed by atoms with Gasteiger partial charge in [-0.1, -0.05) is 43.2 Å². The summed E-state index contributed by atoms with van der Waals surface area (Å²) in [4.78, 5) is 28.9. The number of benzene rings is 2. The first-order chi connectivity index (χ1) is 15.2. The molecule has 2 aromatic carbocycles. The summed E-state index contributed by atoms with van der Waals surface area (Å²) in [7, 11) is 0. The molecule has 0 atom stereocenters. The number of piperidine rings is 1. The van der Waals surface area contributed by atoms with Gasteiger partial charge in [0.2, 0.25) is 0 Å². The Labute approximate surface area is 185 Å². The smallest absolute Gasteiger partial charge is 0.279 e. The van der Waals surface area contributed by atoms with E-state index >= 15 is 0 Å². The molecule has 0 aromatic heterocycles. The number of carbonyl (C=O) groups excluding carboxylic acids is 2. The molecule has 0 bridgehead atoms. The maximum Gasteiger partial charge on any atom is 0.279 e. The first-order valence-electron chi connectivity index (χ1n) is 11.8. The van der Waals surface area contributed by atoms with Crippen LogP contribution in [0.15, 0.2) is 54.6 Å². The Bertz CT molecular complexity index is 850. The average Bonchev–Trinajstić information content (AvgIpc) is 3.10. The van der Waals surface area contributed by atoms with Gasteiger partial charge in [0, 0.05) is 48.8 Å². The summed E-state index contributed by atoms with van der Waals surface area (Å²) in [6.07, 6.45) is 6.86. The van der Waals surface area contributed by atoms with E-state index in [0.29, 0.717) is 6.54 Å². The highest BCUT2D eigenvalue weighted by atomic mass is 16.2.